The molecule has 0 aliphatic carbocycles. The van der Waals surface area contributed by atoms with Crippen molar-refractivity contribution in [3.8, 4) is 0 Å². The van der Waals surface area contributed by atoms with Crippen molar-refractivity contribution in [1.82, 2.24) is 5.32 Å². The first kappa shape index (κ1) is 24.4. The zero-order chi connectivity index (χ0) is 22.5. The number of benzene rings is 2. The Morgan fingerprint density at radius 2 is 1.65 bits per heavy atom. The number of alkyl carbamates (subject to hydrolysis) is 1. The van der Waals surface area contributed by atoms with E-state index in [2.05, 4.69) is 11.9 Å². The summed E-state index contributed by atoms with van der Waals surface area (Å²) in [6.45, 7) is 3.64. The summed E-state index contributed by atoms with van der Waals surface area (Å²) in [5.41, 5.74) is 1.69. The molecule has 0 radical (unpaired) electrons. The van der Waals surface area contributed by atoms with Gasteiger partial charge in [-0.3, -0.25) is 9.36 Å². The number of esters is 1. The SMILES string of the molecule is C=CCOC(=O)CCP(=O)(OC)C(Cc1ccccc1)NC(=O)OCc1ccccc1. The molecule has 0 heterocycles. The summed E-state index contributed by atoms with van der Waals surface area (Å²) in [5.74, 6) is -1.38. The maximum Gasteiger partial charge on any atom is 0.408 e. The van der Waals surface area contributed by atoms with Crippen LogP contribution >= 0.6 is 7.37 Å². The van der Waals surface area contributed by atoms with Crippen molar-refractivity contribution >= 4 is 19.4 Å². The molecule has 0 fully saturated rings. The van der Waals surface area contributed by atoms with Gasteiger partial charge in [0.2, 0.25) is 7.37 Å². The van der Waals surface area contributed by atoms with Crippen molar-refractivity contribution in [2.45, 2.75) is 25.2 Å². The van der Waals surface area contributed by atoms with Gasteiger partial charge in [0.05, 0.1) is 6.42 Å². The Kier molecular flexibility index (Phi) is 10.0. The van der Waals surface area contributed by atoms with Gasteiger partial charge in [0, 0.05) is 19.7 Å². The first-order chi connectivity index (χ1) is 15.0. The van der Waals surface area contributed by atoms with Crippen LogP contribution in [0.25, 0.3) is 0 Å². The van der Waals surface area contributed by atoms with Crippen LogP contribution in [0.15, 0.2) is 73.3 Å². The molecular weight excluding hydrogens is 417 g/mol. The van der Waals surface area contributed by atoms with Crippen molar-refractivity contribution in [1.29, 1.82) is 0 Å². The first-order valence-corrected chi connectivity index (χ1v) is 11.8. The fraction of sp³-hybridized carbons (Fsp3) is 0.304. The number of ether oxygens (including phenoxy) is 2. The van der Waals surface area contributed by atoms with Gasteiger partial charge in [-0.05, 0) is 11.1 Å². The molecule has 1 amide bonds. The average molecular weight is 445 g/mol. The molecule has 2 aromatic rings. The van der Waals surface area contributed by atoms with Crippen LogP contribution in [-0.2, 0) is 36.4 Å². The van der Waals surface area contributed by atoms with Crippen LogP contribution in [-0.4, -0.2) is 37.7 Å². The lowest BCUT2D eigenvalue weighted by Gasteiger charge is -2.27. The summed E-state index contributed by atoms with van der Waals surface area (Å²) in [6.07, 6.45) is 0.821. The number of rotatable bonds is 12. The second kappa shape index (κ2) is 12.7. The molecule has 8 heteroatoms. The van der Waals surface area contributed by atoms with Crippen LogP contribution in [0.3, 0.4) is 0 Å². The molecule has 7 nitrogen and oxygen atoms in total. The Labute approximate surface area is 182 Å². The summed E-state index contributed by atoms with van der Waals surface area (Å²) in [6, 6.07) is 18.5. The van der Waals surface area contributed by atoms with E-state index < -0.39 is 25.2 Å². The van der Waals surface area contributed by atoms with Crippen LogP contribution in [0.5, 0.6) is 0 Å². The Morgan fingerprint density at radius 1 is 1.03 bits per heavy atom. The van der Waals surface area contributed by atoms with Crippen molar-refractivity contribution in [2.75, 3.05) is 19.9 Å². The second-order valence-corrected chi connectivity index (χ2v) is 9.65. The summed E-state index contributed by atoms with van der Waals surface area (Å²) >= 11 is 0. The van der Waals surface area contributed by atoms with Crippen molar-refractivity contribution in [2.24, 2.45) is 0 Å². The van der Waals surface area contributed by atoms with Crippen molar-refractivity contribution in [3.63, 3.8) is 0 Å². The number of amides is 1. The van der Waals surface area contributed by atoms with Crippen LogP contribution in [0, 0.1) is 0 Å². The highest BCUT2D eigenvalue weighted by molar-refractivity contribution is 7.59. The lowest BCUT2D eigenvalue weighted by molar-refractivity contribution is -0.141. The molecule has 0 spiro atoms. The molecule has 2 rings (SSSR count). The van der Waals surface area contributed by atoms with E-state index in [9.17, 15) is 14.2 Å². The molecule has 0 saturated carbocycles. The molecule has 0 saturated heterocycles. The standard InChI is InChI=1S/C23H28NO6P/c1-3-15-29-22(25)14-16-31(27,28-2)21(17-19-10-6-4-7-11-19)24-23(26)30-18-20-12-8-5-9-13-20/h3-13,21H,1,14-18H2,2H3,(H,24,26). The molecule has 2 aromatic carbocycles. The normalized spacial score (nSPS) is 13.5. The highest BCUT2D eigenvalue weighted by Crippen LogP contribution is 2.51. The first-order valence-electron chi connectivity index (χ1n) is 9.89. The minimum atomic E-state index is -3.45. The van der Waals surface area contributed by atoms with Gasteiger partial charge in [0.1, 0.15) is 19.0 Å². The highest BCUT2D eigenvalue weighted by Gasteiger charge is 2.35. The number of carbonyl (C=O) groups excluding carboxylic acids is 2. The van der Waals surface area contributed by atoms with Gasteiger partial charge in [-0.25, -0.2) is 4.79 Å². The van der Waals surface area contributed by atoms with Crippen LogP contribution in [0.2, 0.25) is 0 Å². The summed E-state index contributed by atoms with van der Waals surface area (Å²) in [7, 11) is -2.14. The molecule has 0 aromatic heterocycles. The summed E-state index contributed by atoms with van der Waals surface area (Å²) in [4.78, 5) is 24.3. The van der Waals surface area contributed by atoms with Gasteiger partial charge in [-0.15, -0.1) is 0 Å². The second-order valence-electron chi connectivity index (χ2n) is 6.77. The van der Waals surface area contributed by atoms with E-state index in [0.717, 1.165) is 11.1 Å². The number of nitrogens with one attached hydrogen (secondary N) is 1. The largest absolute Gasteiger partial charge is 0.461 e. The molecule has 0 bridgehead atoms. The van der Waals surface area contributed by atoms with Crippen LogP contribution < -0.4 is 5.32 Å². The molecule has 1 N–H and O–H groups in total. The lowest BCUT2D eigenvalue weighted by Crippen LogP contribution is -2.38. The number of carbonyl (C=O) groups is 2. The molecule has 31 heavy (non-hydrogen) atoms. The molecule has 0 aliphatic rings. The summed E-state index contributed by atoms with van der Waals surface area (Å²) < 4.78 is 29.1. The Balaban J connectivity index is 2.09. The number of hydrogen-bond donors (Lipinski definition) is 1. The number of hydrogen-bond acceptors (Lipinski definition) is 6. The zero-order valence-electron chi connectivity index (χ0n) is 17.6. The van der Waals surface area contributed by atoms with Gasteiger partial charge in [-0.2, -0.15) is 0 Å². The molecule has 166 valence electrons. The molecule has 0 aliphatic heterocycles. The fourth-order valence-corrected chi connectivity index (χ4v) is 4.91. The summed E-state index contributed by atoms with van der Waals surface area (Å²) in [5, 5.41) is 2.68. The van der Waals surface area contributed by atoms with Gasteiger partial charge < -0.3 is 19.3 Å². The van der Waals surface area contributed by atoms with E-state index in [0.29, 0.717) is 0 Å². The zero-order valence-corrected chi connectivity index (χ0v) is 18.5. The minimum absolute atomic E-state index is 0.0735. The van der Waals surface area contributed by atoms with E-state index in [1.165, 1.54) is 13.2 Å². The predicted octanol–water partition coefficient (Wildman–Crippen LogP) is 4.53. The van der Waals surface area contributed by atoms with Gasteiger partial charge in [0.15, 0.2) is 0 Å². The Morgan fingerprint density at radius 3 is 2.23 bits per heavy atom. The quantitative estimate of drug-likeness (QED) is 0.293. The molecular formula is C23H28NO6P. The Bertz CT molecular complexity index is 887. The Hall–Kier alpha value is -2.89. The monoisotopic (exact) mass is 445 g/mol. The van der Waals surface area contributed by atoms with E-state index in [4.69, 9.17) is 14.0 Å². The smallest absolute Gasteiger partial charge is 0.408 e. The predicted molar refractivity (Wildman–Crippen MR) is 119 cm³/mol. The van der Waals surface area contributed by atoms with Crippen LogP contribution in [0.1, 0.15) is 17.5 Å². The van der Waals surface area contributed by atoms with Gasteiger partial charge in [-0.1, -0.05) is 73.3 Å². The van der Waals surface area contributed by atoms with Crippen LogP contribution in [0.4, 0.5) is 4.79 Å². The maximum atomic E-state index is 13.6. The van der Waals surface area contributed by atoms with Crippen molar-refractivity contribution < 1.29 is 28.2 Å². The lowest BCUT2D eigenvalue weighted by atomic mass is 10.1. The fourth-order valence-electron chi connectivity index (χ4n) is 2.87. The van der Waals surface area contributed by atoms with Gasteiger partial charge in [0.25, 0.3) is 0 Å². The maximum absolute atomic E-state index is 13.6. The highest BCUT2D eigenvalue weighted by atomic mass is 31.2. The third-order valence-corrected chi connectivity index (χ3v) is 7.27. The van der Waals surface area contributed by atoms with E-state index >= 15 is 0 Å². The van der Waals surface area contributed by atoms with Gasteiger partial charge >= 0.3 is 12.1 Å². The average Bonchev–Trinajstić information content (AvgIpc) is 2.80. The molecule has 2 unspecified atom stereocenters. The third-order valence-electron chi connectivity index (χ3n) is 4.54. The minimum Gasteiger partial charge on any atom is -0.461 e. The van der Waals surface area contributed by atoms with E-state index in [1.54, 1.807) is 0 Å². The van der Waals surface area contributed by atoms with Crippen molar-refractivity contribution in [3.05, 3.63) is 84.4 Å². The topological polar surface area (TPSA) is 90.9 Å². The van der Waals surface area contributed by atoms with E-state index in [1.807, 2.05) is 60.7 Å². The molecule has 2 atom stereocenters. The third kappa shape index (κ3) is 8.40. The van der Waals surface area contributed by atoms with E-state index in [-0.39, 0.29) is 32.2 Å².